The van der Waals surface area contributed by atoms with Gasteiger partial charge in [0.1, 0.15) is 6.07 Å². The first-order valence-corrected chi connectivity index (χ1v) is 7.29. The molecule has 0 saturated heterocycles. The summed E-state index contributed by atoms with van der Waals surface area (Å²) in [5.74, 6) is 0. The molecule has 102 valence electrons. The average Bonchev–Trinajstić information content (AvgIpc) is 2.60. The molecule has 0 heterocycles. The summed E-state index contributed by atoms with van der Waals surface area (Å²) in [4.78, 5) is 0. The molecule has 0 amide bonds. The second kappa shape index (κ2) is 5.02. The SMILES string of the molecule is N#Cc1c2ccccc2c(-c2ccccc2)c2ccccc12. The smallest absolute Gasteiger partial charge is 0.100 e. The minimum atomic E-state index is 0.755. The predicted octanol–water partition coefficient (Wildman–Crippen LogP) is 5.53. The number of nitrogens with zero attached hydrogens (tertiary/aromatic N) is 1. The van der Waals surface area contributed by atoms with Crippen LogP contribution in [-0.2, 0) is 0 Å². The summed E-state index contributed by atoms with van der Waals surface area (Å²) in [6.07, 6.45) is 0. The van der Waals surface area contributed by atoms with Crippen LogP contribution in [0.25, 0.3) is 32.7 Å². The topological polar surface area (TPSA) is 23.8 Å². The lowest BCUT2D eigenvalue weighted by atomic mass is 9.89. The number of benzene rings is 4. The standard InChI is InChI=1S/C21H13N/c22-14-20-16-10-4-6-12-18(16)21(15-8-2-1-3-9-15)19-13-7-5-11-17(19)20/h1-13H. The van der Waals surface area contributed by atoms with Crippen molar-refractivity contribution in [2.24, 2.45) is 0 Å². The first-order valence-electron chi connectivity index (χ1n) is 7.29. The molecule has 4 aromatic carbocycles. The normalized spacial score (nSPS) is 10.7. The van der Waals surface area contributed by atoms with Gasteiger partial charge < -0.3 is 0 Å². The van der Waals surface area contributed by atoms with Crippen molar-refractivity contribution in [3.63, 3.8) is 0 Å². The lowest BCUT2D eigenvalue weighted by molar-refractivity contribution is 1.51. The molecule has 1 heteroatoms. The molecule has 0 spiro atoms. The molecule has 0 fully saturated rings. The Morgan fingerprint density at radius 2 is 1.00 bits per heavy atom. The van der Waals surface area contributed by atoms with E-state index in [9.17, 15) is 5.26 Å². The monoisotopic (exact) mass is 279 g/mol. The number of nitriles is 1. The van der Waals surface area contributed by atoms with Crippen molar-refractivity contribution in [1.82, 2.24) is 0 Å². The van der Waals surface area contributed by atoms with Crippen LogP contribution in [-0.4, -0.2) is 0 Å². The van der Waals surface area contributed by atoms with Crippen LogP contribution in [0, 0.1) is 11.3 Å². The fourth-order valence-corrected chi connectivity index (χ4v) is 3.16. The third kappa shape index (κ3) is 1.78. The van der Waals surface area contributed by atoms with Gasteiger partial charge in [-0.25, -0.2) is 0 Å². The minimum absolute atomic E-state index is 0.755. The van der Waals surface area contributed by atoms with E-state index in [1.165, 1.54) is 11.1 Å². The maximum Gasteiger partial charge on any atom is 0.100 e. The van der Waals surface area contributed by atoms with Crippen molar-refractivity contribution >= 4 is 21.5 Å². The number of hydrogen-bond acceptors (Lipinski definition) is 1. The molecule has 1 nitrogen and oxygen atoms in total. The van der Waals surface area contributed by atoms with Crippen LogP contribution in [0.2, 0.25) is 0 Å². The first-order chi connectivity index (χ1) is 10.9. The van der Waals surface area contributed by atoms with Crippen molar-refractivity contribution in [3.05, 3.63) is 84.4 Å². The van der Waals surface area contributed by atoms with Crippen LogP contribution < -0.4 is 0 Å². The van der Waals surface area contributed by atoms with E-state index in [-0.39, 0.29) is 0 Å². The Kier molecular flexibility index (Phi) is 2.88. The van der Waals surface area contributed by atoms with Crippen LogP contribution in [0.1, 0.15) is 5.56 Å². The van der Waals surface area contributed by atoms with Crippen molar-refractivity contribution < 1.29 is 0 Å². The van der Waals surface area contributed by atoms with Crippen molar-refractivity contribution in [2.75, 3.05) is 0 Å². The molecule has 0 bridgehead atoms. The molecular weight excluding hydrogens is 266 g/mol. The molecule has 4 rings (SSSR count). The van der Waals surface area contributed by atoms with Crippen LogP contribution in [0.15, 0.2) is 78.9 Å². The summed E-state index contributed by atoms with van der Waals surface area (Å²) in [5, 5.41) is 13.9. The van der Waals surface area contributed by atoms with Crippen LogP contribution in [0.5, 0.6) is 0 Å². The van der Waals surface area contributed by atoms with Crippen molar-refractivity contribution in [3.8, 4) is 17.2 Å². The van der Waals surface area contributed by atoms with Gasteiger partial charge in [-0.1, -0.05) is 78.9 Å². The third-order valence-electron chi connectivity index (χ3n) is 4.11. The molecule has 0 unspecified atom stereocenters. The van der Waals surface area contributed by atoms with E-state index >= 15 is 0 Å². The lowest BCUT2D eigenvalue weighted by Gasteiger charge is -2.13. The van der Waals surface area contributed by atoms with E-state index in [1.54, 1.807) is 0 Å². The maximum absolute atomic E-state index is 9.65. The molecule has 0 atom stereocenters. The van der Waals surface area contributed by atoms with Gasteiger partial charge in [-0.3, -0.25) is 0 Å². The highest BCUT2D eigenvalue weighted by Crippen LogP contribution is 2.38. The van der Waals surface area contributed by atoms with Gasteiger partial charge in [0.2, 0.25) is 0 Å². The number of rotatable bonds is 1. The second-order valence-corrected chi connectivity index (χ2v) is 5.32. The first kappa shape index (κ1) is 12.6. The molecule has 0 aliphatic carbocycles. The van der Waals surface area contributed by atoms with E-state index in [4.69, 9.17) is 0 Å². The fraction of sp³-hybridized carbons (Fsp3) is 0. The van der Waals surface area contributed by atoms with E-state index in [0.29, 0.717) is 0 Å². The lowest BCUT2D eigenvalue weighted by Crippen LogP contribution is -1.89. The van der Waals surface area contributed by atoms with Gasteiger partial charge in [0, 0.05) is 10.8 Å². The van der Waals surface area contributed by atoms with Crippen LogP contribution >= 0.6 is 0 Å². The van der Waals surface area contributed by atoms with Gasteiger partial charge in [-0.15, -0.1) is 0 Å². The molecule has 0 radical (unpaired) electrons. The van der Waals surface area contributed by atoms with E-state index in [1.807, 2.05) is 42.5 Å². The zero-order valence-electron chi connectivity index (χ0n) is 12.0. The summed E-state index contributed by atoms with van der Waals surface area (Å²) in [6.45, 7) is 0. The van der Waals surface area contributed by atoms with Gasteiger partial charge in [-0.05, 0) is 21.9 Å². The van der Waals surface area contributed by atoms with Crippen molar-refractivity contribution in [2.45, 2.75) is 0 Å². The average molecular weight is 279 g/mol. The number of hydrogen-bond donors (Lipinski definition) is 0. The van der Waals surface area contributed by atoms with Gasteiger partial charge in [-0.2, -0.15) is 5.26 Å². The van der Waals surface area contributed by atoms with E-state index in [2.05, 4.69) is 42.5 Å². The van der Waals surface area contributed by atoms with Crippen molar-refractivity contribution in [1.29, 1.82) is 5.26 Å². The maximum atomic E-state index is 9.65. The Hall–Kier alpha value is -3.11. The second-order valence-electron chi connectivity index (χ2n) is 5.32. The highest BCUT2D eigenvalue weighted by Gasteiger charge is 2.14. The zero-order valence-corrected chi connectivity index (χ0v) is 12.0. The molecular formula is C21H13N. The summed E-state index contributed by atoms with van der Waals surface area (Å²) in [6, 6.07) is 29.1. The fourth-order valence-electron chi connectivity index (χ4n) is 3.16. The molecule has 0 aliphatic heterocycles. The Balaban J connectivity index is 2.30. The van der Waals surface area contributed by atoms with E-state index < -0.39 is 0 Å². The summed E-state index contributed by atoms with van der Waals surface area (Å²) in [7, 11) is 0. The Labute approximate surface area is 129 Å². The zero-order chi connectivity index (χ0) is 14.9. The highest BCUT2D eigenvalue weighted by atomic mass is 14.3. The molecule has 4 aromatic rings. The predicted molar refractivity (Wildman–Crippen MR) is 91.6 cm³/mol. The largest absolute Gasteiger partial charge is 0.192 e. The molecule has 0 aliphatic rings. The summed E-state index contributed by atoms with van der Waals surface area (Å²) >= 11 is 0. The third-order valence-corrected chi connectivity index (χ3v) is 4.11. The van der Waals surface area contributed by atoms with Gasteiger partial charge >= 0.3 is 0 Å². The summed E-state index contributed by atoms with van der Waals surface area (Å²) in [5.41, 5.74) is 3.14. The Morgan fingerprint density at radius 1 is 0.545 bits per heavy atom. The Bertz CT molecular complexity index is 967. The molecule has 0 N–H and O–H groups in total. The molecule has 22 heavy (non-hydrogen) atoms. The summed E-state index contributed by atoms with van der Waals surface area (Å²) < 4.78 is 0. The van der Waals surface area contributed by atoms with Gasteiger partial charge in [0.25, 0.3) is 0 Å². The van der Waals surface area contributed by atoms with Crippen LogP contribution in [0.4, 0.5) is 0 Å². The molecule has 0 aromatic heterocycles. The highest BCUT2D eigenvalue weighted by molar-refractivity contribution is 6.16. The van der Waals surface area contributed by atoms with Gasteiger partial charge in [0.15, 0.2) is 0 Å². The van der Waals surface area contributed by atoms with E-state index in [0.717, 1.165) is 27.1 Å². The Morgan fingerprint density at radius 3 is 1.50 bits per heavy atom. The van der Waals surface area contributed by atoms with Gasteiger partial charge in [0.05, 0.1) is 5.56 Å². The minimum Gasteiger partial charge on any atom is -0.192 e. The quantitative estimate of drug-likeness (QED) is 0.420. The number of fused-ring (bicyclic) bond motifs is 2. The van der Waals surface area contributed by atoms with Crippen LogP contribution in [0.3, 0.4) is 0 Å². The molecule has 0 saturated carbocycles.